The lowest BCUT2D eigenvalue weighted by Crippen LogP contribution is -2.25. The quantitative estimate of drug-likeness (QED) is 0.759. The fourth-order valence-corrected chi connectivity index (χ4v) is 3.43. The molecule has 2 amide bonds. The van der Waals surface area contributed by atoms with Crippen LogP contribution in [0.3, 0.4) is 0 Å². The molecule has 7 heteroatoms. The zero-order valence-electron chi connectivity index (χ0n) is 15.6. The van der Waals surface area contributed by atoms with E-state index in [1.807, 2.05) is 6.07 Å². The van der Waals surface area contributed by atoms with E-state index in [9.17, 15) is 14.0 Å². The first-order valence-electron chi connectivity index (χ1n) is 8.98. The molecule has 28 heavy (non-hydrogen) atoms. The van der Waals surface area contributed by atoms with Crippen molar-refractivity contribution in [2.45, 2.75) is 20.3 Å². The topological polar surface area (TPSA) is 67.2 Å². The lowest BCUT2D eigenvalue weighted by Gasteiger charge is -2.15. The zero-order chi connectivity index (χ0) is 19.8. The van der Waals surface area contributed by atoms with Crippen molar-refractivity contribution in [3.63, 3.8) is 0 Å². The Balaban J connectivity index is 1.59. The Labute approximate surface area is 161 Å². The van der Waals surface area contributed by atoms with Gasteiger partial charge in [0.2, 0.25) is 5.91 Å². The van der Waals surface area contributed by atoms with Gasteiger partial charge in [0.25, 0.3) is 5.91 Å². The van der Waals surface area contributed by atoms with E-state index in [0.29, 0.717) is 17.9 Å². The Morgan fingerprint density at radius 1 is 1.11 bits per heavy atom. The number of para-hydroxylation sites is 1. The van der Waals surface area contributed by atoms with Gasteiger partial charge in [0.05, 0.1) is 0 Å². The molecular weight excluding hydrogens is 359 g/mol. The summed E-state index contributed by atoms with van der Waals surface area (Å²) in [6.45, 7) is 3.93. The number of nitrogens with zero attached hydrogens (tertiary/aromatic N) is 3. The molecule has 4 rings (SSSR count). The van der Waals surface area contributed by atoms with Crippen LogP contribution < -0.4 is 10.2 Å². The number of hydrogen-bond donors (Lipinski definition) is 1. The number of benzene rings is 2. The molecule has 0 saturated heterocycles. The largest absolute Gasteiger partial charge is 0.321 e. The molecule has 1 aliphatic heterocycles. The van der Waals surface area contributed by atoms with Crippen molar-refractivity contribution < 1.29 is 14.0 Å². The minimum atomic E-state index is -0.413. The maximum atomic E-state index is 14.0. The number of nitrogens with one attached hydrogen (secondary N) is 1. The smallest absolute Gasteiger partial charge is 0.276 e. The third-order valence-corrected chi connectivity index (χ3v) is 4.82. The third kappa shape index (κ3) is 3.15. The number of rotatable bonds is 3. The lowest BCUT2D eigenvalue weighted by molar-refractivity contribution is -0.116. The summed E-state index contributed by atoms with van der Waals surface area (Å²) in [5, 5.41) is 7.06. The molecule has 2 heterocycles. The van der Waals surface area contributed by atoms with Gasteiger partial charge in [-0.05, 0) is 49.2 Å². The molecule has 0 atom stereocenters. The Bertz CT molecular complexity index is 1090. The van der Waals surface area contributed by atoms with Gasteiger partial charge in [-0.2, -0.15) is 5.10 Å². The van der Waals surface area contributed by atoms with Crippen molar-refractivity contribution in [1.29, 1.82) is 0 Å². The zero-order valence-corrected chi connectivity index (χ0v) is 15.6. The molecule has 142 valence electrons. The lowest BCUT2D eigenvalue weighted by atomic mass is 10.1. The first-order chi connectivity index (χ1) is 13.4. The van der Waals surface area contributed by atoms with Crippen LogP contribution in [-0.4, -0.2) is 28.1 Å². The monoisotopic (exact) mass is 378 g/mol. The number of anilines is 2. The number of carbonyl (C=O) groups is 2. The summed E-state index contributed by atoms with van der Waals surface area (Å²) in [5.74, 6) is -0.837. The van der Waals surface area contributed by atoms with Crippen molar-refractivity contribution in [2.75, 3.05) is 16.8 Å². The van der Waals surface area contributed by atoms with Gasteiger partial charge in [0, 0.05) is 30.5 Å². The van der Waals surface area contributed by atoms with E-state index in [2.05, 4.69) is 10.4 Å². The van der Waals surface area contributed by atoms with Crippen LogP contribution in [0.15, 0.2) is 48.5 Å². The first-order valence-corrected chi connectivity index (χ1v) is 8.98. The van der Waals surface area contributed by atoms with E-state index in [1.165, 1.54) is 17.7 Å². The normalized spacial score (nSPS) is 12.8. The Morgan fingerprint density at radius 3 is 2.64 bits per heavy atom. The standard InChI is InChI=1S/C21H19FN4O2/c1-13-11-18(24-26(13)19-6-4-3-5-17(19)22)21(28)23-16-8-7-15-9-10-25(14(2)27)20(15)12-16/h3-8,11-12H,9-10H2,1-2H3,(H,23,28). The van der Waals surface area contributed by atoms with Crippen molar-refractivity contribution in [1.82, 2.24) is 9.78 Å². The van der Waals surface area contributed by atoms with Crippen LogP contribution in [0.1, 0.15) is 28.7 Å². The van der Waals surface area contributed by atoms with Crippen LogP contribution in [-0.2, 0) is 11.2 Å². The van der Waals surface area contributed by atoms with Gasteiger partial charge in [-0.3, -0.25) is 9.59 Å². The van der Waals surface area contributed by atoms with E-state index in [-0.39, 0.29) is 17.3 Å². The van der Waals surface area contributed by atoms with Crippen LogP contribution in [0, 0.1) is 12.7 Å². The average molecular weight is 378 g/mol. The fourth-order valence-electron chi connectivity index (χ4n) is 3.43. The number of fused-ring (bicyclic) bond motifs is 1. The van der Waals surface area contributed by atoms with Crippen molar-refractivity contribution in [3.8, 4) is 5.69 Å². The number of amides is 2. The molecule has 0 bridgehead atoms. The molecular formula is C21H19FN4O2. The fraction of sp³-hybridized carbons (Fsp3) is 0.190. The Kier molecular flexibility index (Phi) is 4.43. The highest BCUT2D eigenvalue weighted by Gasteiger charge is 2.23. The SMILES string of the molecule is CC(=O)N1CCc2ccc(NC(=O)c3cc(C)n(-c4ccccc4F)n3)cc21. The average Bonchev–Trinajstić information content (AvgIpc) is 3.25. The van der Waals surface area contributed by atoms with Crippen molar-refractivity contribution in [3.05, 3.63) is 71.3 Å². The summed E-state index contributed by atoms with van der Waals surface area (Å²) >= 11 is 0. The first kappa shape index (κ1) is 17.9. The second kappa shape index (κ2) is 6.92. The number of halogens is 1. The second-order valence-corrected chi connectivity index (χ2v) is 6.75. The summed E-state index contributed by atoms with van der Waals surface area (Å²) < 4.78 is 15.5. The van der Waals surface area contributed by atoms with Crippen molar-refractivity contribution in [2.24, 2.45) is 0 Å². The molecule has 1 N–H and O–H groups in total. The number of carbonyl (C=O) groups excluding carboxylic acids is 2. The van der Waals surface area contributed by atoms with E-state index < -0.39 is 11.7 Å². The molecule has 6 nitrogen and oxygen atoms in total. The second-order valence-electron chi connectivity index (χ2n) is 6.75. The molecule has 3 aromatic rings. The van der Waals surface area contributed by atoms with E-state index in [4.69, 9.17) is 0 Å². The van der Waals surface area contributed by atoms with Crippen LogP contribution >= 0.6 is 0 Å². The molecule has 0 fully saturated rings. The Hall–Kier alpha value is -3.48. The van der Waals surface area contributed by atoms with Crippen LogP contribution in [0.4, 0.5) is 15.8 Å². The minimum Gasteiger partial charge on any atom is -0.321 e. The highest BCUT2D eigenvalue weighted by atomic mass is 19.1. The molecule has 0 radical (unpaired) electrons. The van der Waals surface area contributed by atoms with Gasteiger partial charge < -0.3 is 10.2 Å². The minimum absolute atomic E-state index is 0.0264. The number of aryl methyl sites for hydroxylation is 1. The van der Waals surface area contributed by atoms with Crippen LogP contribution in [0.5, 0.6) is 0 Å². The van der Waals surface area contributed by atoms with Gasteiger partial charge in [-0.25, -0.2) is 9.07 Å². The van der Waals surface area contributed by atoms with Crippen LogP contribution in [0.2, 0.25) is 0 Å². The van der Waals surface area contributed by atoms with E-state index in [1.54, 1.807) is 48.2 Å². The molecule has 0 spiro atoms. The molecule has 0 saturated carbocycles. The van der Waals surface area contributed by atoms with Crippen LogP contribution in [0.25, 0.3) is 5.69 Å². The predicted molar refractivity (Wildman–Crippen MR) is 104 cm³/mol. The molecule has 2 aromatic carbocycles. The highest BCUT2D eigenvalue weighted by molar-refractivity contribution is 6.04. The molecule has 1 aromatic heterocycles. The summed E-state index contributed by atoms with van der Waals surface area (Å²) in [5.41, 5.74) is 3.59. The van der Waals surface area contributed by atoms with Gasteiger partial charge in [-0.1, -0.05) is 18.2 Å². The maximum Gasteiger partial charge on any atom is 0.276 e. The van der Waals surface area contributed by atoms with Gasteiger partial charge in [-0.15, -0.1) is 0 Å². The molecule has 1 aliphatic rings. The van der Waals surface area contributed by atoms with E-state index >= 15 is 0 Å². The predicted octanol–water partition coefficient (Wildman–Crippen LogP) is 3.48. The van der Waals surface area contributed by atoms with Gasteiger partial charge >= 0.3 is 0 Å². The number of aromatic nitrogens is 2. The molecule has 0 unspecified atom stereocenters. The summed E-state index contributed by atoms with van der Waals surface area (Å²) in [7, 11) is 0. The number of hydrogen-bond acceptors (Lipinski definition) is 3. The highest BCUT2D eigenvalue weighted by Crippen LogP contribution is 2.31. The van der Waals surface area contributed by atoms with Gasteiger partial charge in [0.1, 0.15) is 11.5 Å². The summed E-state index contributed by atoms with van der Waals surface area (Å²) in [6, 6.07) is 13.4. The maximum absolute atomic E-state index is 14.0. The van der Waals surface area contributed by atoms with Crippen molar-refractivity contribution >= 4 is 23.2 Å². The Morgan fingerprint density at radius 2 is 1.89 bits per heavy atom. The van der Waals surface area contributed by atoms with E-state index in [0.717, 1.165) is 17.7 Å². The van der Waals surface area contributed by atoms with Gasteiger partial charge in [0.15, 0.2) is 5.69 Å². The summed E-state index contributed by atoms with van der Waals surface area (Å²) in [6.07, 6.45) is 0.801. The molecule has 0 aliphatic carbocycles. The third-order valence-electron chi connectivity index (χ3n) is 4.82. The summed E-state index contributed by atoms with van der Waals surface area (Å²) in [4.78, 5) is 26.1.